The largest absolute Gasteiger partial charge is 0.455 e. The van der Waals surface area contributed by atoms with Crippen LogP contribution in [0.15, 0.2) is 156 Å². The molecule has 0 saturated heterocycles. The van der Waals surface area contributed by atoms with E-state index in [0.29, 0.717) is 5.56 Å². The number of aromatic nitrogens is 3. The van der Waals surface area contributed by atoms with Gasteiger partial charge in [-0.1, -0.05) is 139 Å². The Morgan fingerprint density at radius 3 is 2.15 bits per heavy atom. The Labute approximate surface area is 395 Å². The molecule has 12 rings (SSSR count). The first-order chi connectivity index (χ1) is 32.4. The van der Waals surface area contributed by atoms with E-state index in [-0.39, 0.29) is 11.2 Å². The first kappa shape index (κ1) is 40.4. The lowest BCUT2D eigenvalue weighted by atomic mass is 9.85. The van der Waals surface area contributed by atoms with Crippen molar-refractivity contribution in [2.24, 2.45) is 0 Å². The molecule has 6 heteroatoms. The summed E-state index contributed by atoms with van der Waals surface area (Å²) in [5, 5.41) is 3.25. The Morgan fingerprint density at radius 1 is 0.701 bits per heavy atom. The van der Waals surface area contributed by atoms with Crippen LogP contribution in [-0.4, -0.2) is 12.6 Å². The number of pyridine rings is 1. The predicted octanol–water partition coefficient (Wildman–Crippen LogP) is 14.4. The molecule has 10 aromatic rings. The molecule has 0 bridgehead atoms. The van der Waals surface area contributed by atoms with Crippen LogP contribution in [0, 0.1) is 19.7 Å². The van der Waals surface area contributed by atoms with Crippen molar-refractivity contribution in [3.8, 4) is 50.6 Å². The van der Waals surface area contributed by atoms with Gasteiger partial charge in [-0.3, -0.25) is 0 Å². The van der Waals surface area contributed by atoms with Gasteiger partial charge in [-0.15, -0.1) is 9.13 Å². The van der Waals surface area contributed by atoms with E-state index in [2.05, 4.69) is 207 Å². The highest BCUT2D eigenvalue weighted by Crippen LogP contribution is 2.54. The maximum Gasteiger partial charge on any atom is 0.365 e. The highest BCUT2D eigenvalue weighted by atomic mass is 28.3. The fraction of sp³-hybridized carbons (Fsp3) is 0.213. The summed E-state index contributed by atoms with van der Waals surface area (Å²) < 4.78 is 41.7. The topological polar surface area (TPSA) is 25.8 Å². The summed E-state index contributed by atoms with van der Waals surface area (Å²) in [7, 11) is -2.15. The minimum Gasteiger partial charge on any atom is -0.455 e. The van der Waals surface area contributed by atoms with Crippen LogP contribution in [-0.2, 0) is 11.1 Å². The van der Waals surface area contributed by atoms with Gasteiger partial charge in [0.15, 0.2) is 22.8 Å². The Kier molecular flexibility index (Phi) is 8.62. The average molecular weight is 895 g/mol. The SMILES string of the molecule is [2H]C(C)(C)c1cc2[n+](cc1[Si](C)(C)C)C1(c3cc(C)cc(F)c3-2)c2ccc3c(oc4cc(-c5ccc(C)cc5)ccc43)c2-c2n(-c3ccc(C(C)(C)C)cc3-c3ccccc3)c3ccccc3[n+]21. The molecule has 0 N–H and O–H groups in total. The molecule has 4 nitrogen and oxygen atoms in total. The molecule has 1 spiro atoms. The number of hydrogen-bond donors (Lipinski definition) is 0. The van der Waals surface area contributed by atoms with Gasteiger partial charge in [0.25, 0.3) is 0 Å². The smallest absolute Gasteiger partial charge is 0.365 e. The van der Waals surface area contributed by atoms with E-state index < -0.39 is 19.6 Å². The Balaban J connectivity index is 1.30. The van der Waals surface area contributed by atoms with Crippen LogP contribution in [0.1, 0.15) is 75.3 Å². The van der Waals surface area contributed by atoms with Gasteiger partial charge in [0.05, 0.1) is 24.8 Å². The third kappa shape index (κ3) is 5.88. The number of nitrogens with zero attached hydrogens (tertiary/aromatic N) is 3. The number of fused-ring (bicyclic) bond motifs is 16. The summed E-state index contributed by atoms with van der Waals surface area (Å²) in [5.41, 5.74) is 16.4. The van der Waals surface area contributed by atoms with Crippen molar-refractivity contribution in [1.29, 1.82) is 0 Å². The van der Waals surface area contributed by atoms with Gasteiger partial charge >= 0.3 is 11.5 Å². The van der Waals surface area contributed by atoms with Gasteiger partial charge in [-0.25, -0.2) is 4.39 Å². The van der Waals surface area contributed by atoms with Crippen LogP contribution in [0.2, 0.25) is 19.6 Å². The zero-order chi connectivity index (χ0) is 47.4. The second kappa shape index (κ2) is 14.3. The monoisotopic (exact) mass is 894 g/mol. The molecule has 67 heavy (non-hydrogen) atoms. The second-order valence-corrected chi connectivity index (χ2v) is 26.4. The van der Waals surface area contributed by atoms with E-state index in [4.69, 9.17) is 4.42 Å². The van der Waals surface area contributed by atoms with Crippen molar-refractivity contribution in [1.82, 2.24) is 4.57 Å². The number of rotatable bonds is 5. The van der Waals surface area contributed by atoms with Crippen molar-refractivity contribution in [3.05, 3.63) is 191 Å². The van der Waals surface area contributed by atoms with E-state index in [1.807, 2.05) is 20.8 Å². The molecule has 0 aliphatic carbocycles. The molecule has 2 aliphatic rings. The van der Waals surface area contributed by atoms with Crippen LogP contribution in [0.25, 0.3) is 83.6 Å². The highest BCUT2D eigenvalue weighted by Gasteiger charge is 2.68. The van der Waals surface area contributed by atoms with Crippen LogP contribution in [0.3, 0.4) is 0 Å². The third-order valence-electron chi connectivity index (χ3n) is 14.6. The van der Waals surface area contributed by atoms with Gasteiger partial charge in [-0.2, -0.15) is 4.57 Å². The number of hydrogen-bond acceptors (Lipinski definition) is 1. The molecule has 5 heterocycles. The van der Waals surface area contributed by atoms with Crippen molar-refractivity contribution < 1.29 is 19.3 Å². The van der Waals surface area contributed by atoms with Gasteiger partial charge in [-0.05, 0) is 119 Å². The summed E-state index contributed by atoms with van der Waals surface area (Å²) in [6, 6.07) is 52.1. The normalized spacial score (nSPS) is 15.7. The van der Waals surface area contributed by atoms with E-state index in [1.165, 1.54) is 16.3 Å². The standard InChI is InChI=1S/C61H56FN3OSi/c1-36(2)45-34-53-56-48(30-38(4)31-49(56)62)61(63(53)35-55(45)67(8,9)10)47-28-27-44-43-26-24-41(39-22-20-37(3)21-23-39)32-54(43)66-58(44)57(47)59-64(51-18-14-15-19-52(51)65(59)61)50-29-25-42(60(5,6)7)33-46(50)40-16-12-11-13-17-40/h11-36H,1-10H3/q+2/i36D. The van der Waals surface area contributed by atoms with Crippen molar-refractivity contribution in [2.75, 3.05) is 0 Å². The van der Waals surface area contributed by atoms with E-state index >= 15 is 4.39 Å². The molecule has 0 saturated carbocycles. The molecule has 1 unspecified atom stereocenters. The van der Waals surface area contributed by atoms with E-state index in [9.17, 15) is 1.37 Å². The van der Waals surface area contributed by atoms with Crippen LogP contribution in [0.5, 0.6) is 0 Å². The Morgan fingerprint density at radius 2 is 1.42 bits per heavy atom. The summed E-state index contributed by atoms with van der Waals surface area (Å²) in [5.74, 6) is -0.232. The third-order valence-corrected chi connectivity index (χ3v) is 16.6. The maximum atomic E-state index is 17.4. The highest BCUT2D eigenvalue weighted by molar-refractivity contribution is 6.89. The Hall–Kier alpha value is -6.89. The molecule has 0 amide bonds. The number of benzene rings is 7. The Bertz CT molecular complexity index is 3770. The predicted molar refractivity (Wildman–Crippen MR) is 276 cm³/mol. The zero-order valence-corrected chi connectivity index (χ0v) is 41.1. The summed E-state index contributed by atoms with van der Waals surface area (Å²) >= 11 is 0. The second-order valence-electron chi connectivity index (χ2n) is 21.3. The van der Waals surface area contributed by atoms with Crippen LogP contribution in [0.4, 0.5) is 4.39 Å². The minimum absolute atomic E-state index is 0.0948. The molecule has 330 valence electrons. The molecule has 0 fully saturated rings. The summed E-state index contributed by atoms with van der Waals surface area (Å²) in [6.07, 6.45) is 2.31. The number of halogens is 1. The number of para-hydroxylation sites is 2. The number of imidazole rings is 1. The molecular weight excluding hydrogens is 838 g/mol. The lowest BCUT2D eigenvalue weighted by molar-refractivity contribution is -0.944. The minimum atomic E-state index is -2.15. The molecule has 2 aliphatic heterocycles. The van der Waals surface area contributed by atoms with E-state index in [1.54, 1.807) is 6.07 Å². The van der Waals surface area contributed by atoms with Gasteiger partial charge < -0.3 is 4.42 Å². The maximum absolute atomic E-state index is 17.4. The first-order valence-corrected chi connectivity index (χ1v) is 27.1. The zero-order valence-electron chi connectivity index (χ0n) is 41.1. The average Bonchev–Trinajstić information content (AvgIpc) is 4.01. The molecule has 3 aromatic heterocycles. The van der Waals surface area contributed by atoms with Crippen LogP contribution < -0.4 is 14.3 Å². The van der Waals surface area contributed by atoms with Crippen molar-refractivity contribution in [2.45, 2.75) is 85.1 Å². The first-order valence-electron chi connectivity index (χ1n) is 24.1. The van der Waals surface area contributed by atoms with Gasteiger partial charge in [0.1, 0.15) is 22.7 Å². The van der Waals surface area contributed by atoms with Crippen LogP contribution >= 0.6 is 0 Å². The quantitative estimate of drug-likeness (QED) is 0.125. The van der Waals surface area contributed by atoms with Crippen molar-refractivity contribution >= 4 is 46.2 Å². The number of aryl methyl sites for hydroxylation is 2. The molecular formula is C61H56FN3OSi+2. The lowest BCUT2D eigenvalue weighted by Gasteiger charge is -2.25. The molecule has 0 radical (unpaired) electrons. The fourth-order valence-corrected chi connectivity index (χ4v) is 13.0. The van der Waals surface area contributed by atoms with Gasteiger partial charge in [0, 0.05) is 29.0 Å². The summed E-state index contributed by atoms with van der Waals surface area (Å²) in [4.78, 5) is 0. The van der Waals surface area contributed by atoms with Gasteiger partial charge in [0.2, 0.25) is 5.69 Å². The lowest BCUT2D eigenvalue weighted by Crippen LogP contribution is -2.72. The number of furan rings is 1. The van der Waals surface area contributed by atoms with Crippen molar-refractivity contribution in [3.63, 3.8) is 0 Å². The fourth-order valence-electron chi connectivity index (χ4n) is 11.3. The molecule has 7 aromatic carbocycles. The summed E-state index contributed by atoms with van der Waals surface area (Å²) in [6.45, 7) is 21.9. The molecule has 1 atom stereocenters. The van der Waals surface area contributed by atoms with E-state index in [0.717, 1.165) is 100 Å².